The fraction of sp³-hybridized carbons (Fsp3) is 0.750. The Morgan fingerprint density at radius 3 is 2.33 bits per heavy atom. The lowest BCUT2D eigenvalue weighted by atomic mass is 10.5. The Balaban J connectivity index is 2.83. The molecule has 0 aromatic rings. The Labute approximate surface area is 37.6 Å². The SMILES string of the molecule is COCC(C)=N. The Kier molecular flexibility index (Phi) is 2.67. The normalized spacial score (nSPS) is 8.33. The van der Waals surface area contributed by atoms with Crippen molar-refractivity contribution in [1.82, 2.24) is 0 Å². The molecular formula is C4H9NO. The molecule has 6 heavy (non-hydrogen) atoms. The van der Waals surface area contributed by atoms with E-state index in [1.165, 1.54) is 0 Å². The van der Waals surface area contributed by atoms with Crippen LogP contribution in [-0.4, -0.2) is 19.4 Å². The molecule has 0 saturated heterocycles. The van der Waals surface area contributed by atoms with Gasteiger partial charge >= 0.3 is 0 Å². The van der Waals surface area contributed by atoms with Gasteiger partial charge in [-0.05, 0) is 6.92 Å². The largest absolute Gasteiger partial charge is 0.379 e. The molecule has 2 heteroatoms. The van der Waals surface area contributed by atoms with Crippen LogP contribution in [-0.2, 0) is 4.74 Å². The maximum Gasteiger partial charge on any atom is 0.0834 e. The minimum atomic E-state index is 0.458. The first kappa shape index (κ1) is 5.63. The molecule has 1 N–H and O–H groups in total. The van der Waals surface area contributed by atoms with Gasteiger partial charge in [-0.25, -0.2) is 0 Å². The second-order valence-electron chi connectivity index (χ2n) is 1.21. The van der Waals surface area contributed by atoms with E-state index in [2.05, 4.69) is 4.74 Å². The number of methoxy groups -OCH3 is 1. The summed E-state index contributed by atoms with van der Waals surface area (Å²) in [5.41, 5.74) is 0.567. The van der Waals surface area contributed by atoms with E-state index in [4.69, 9.17) is 5.41 Å². The van der Waals surface area contributed by atoms with Crippen LogP contribution in [0.3, 0.4) is 0 Å². The van der Waals surface area contributed by atoms with Crippen LogP contribution in [0, 0.1) is 5.41 Å². The quantitative estimate of drug-likeness (QED) is 0.493. The predicted octanol–water partition coefficient (Wildman–Crippen LogP) is 0.672. The van der Waals surface area contributed by atoms with Gasteiger partial charge in [-0.15, -0.1) is 0 Å². The third kappa shape index (κ3) is 3.63. The van der Waals surface area contributed by atoms with Crippen molar-refractivity contribution in [2.75, 3.05) is 13.7 Å². The van der Waals surface area contributed by atoms with Gasteiger partial charge in [0.2, 0.25) is 0 Å². The molecule has 0 aliphatic carbocycles. The predicted molar refractivity (Wildman–Crippen MR) is 25.3 cm³/mol. The molecule has 0 aromatic heterocycles. The highest BCUT2D eigenvalue weighted by molar-refractivity contribution is 5.79. The Morgan fingerprint density at radius 2 is 2.33 bits per heavy atom. The Morgan fingerprint density at radius 1 is 1.83 bits per heavy atom. The van der Waals surface area contributed by atoms with Crippen molar-refractivity contribution in [2.45, 2.75) is 6.92 Å². The average molecular weight is 87.1 g/mol. The molecule has 0 rings (SSSR count). The maximum absolute atomic E-state index is 6.77. The molecule has 36 valence electrons. The number of ether oxygens (including phenoxy) is 1. The van der Waals surface area contributed by atoms with Crippen molar-refractivity contribution in [3.05, 3.63) is 0 Å². The number of nitrogens with one attached hydrogen (secondary N) is 1. The van der Waals surface area contributed by atoms with Crippen molar-refractivity contribution < 1.29 is 4.74 Å². The van der Waals surface area contributed by atoms with Gasteiger partial charge in [-0.3, -0.25) is 0 Å². The van der Waals surface area contributed by atoms with Crippen molar-refractivity contribution in [3.63, 3.8) is 0 Å². The first-order valence-electron chi connectivity index (χ1n) is 1.80. The topological polar surface area (TPSA) is 33.1 Å². The number of hydrogen-bond donors (Lipinski definition) is 1. The lowest BCUT2D eigenvalue weighted by Gasteiger charge is -1.88. The standard InChI is InChI=1S/C4H9NO/c1-4(5)3-6-2/h5H,3H2,1-2H3. The molecule has 0 bridgehead atoms. The van der Waals surface area contributed by atoms with Gasteiger partial charge in [0, 0.05) is 12.8 Å². The number of rotatable bonds is 2. The molecule has 0 heterocycles. The molecule has 2 nitrogen and oxygen atoms in total. The minimum absolute atomic E-state index is 0.458. The van der Waals surface area contributed by atoms with Gasteiger partial charge in [-0.1, -0.05) is 0 Å². The second-order valence-corrected chi connectivity index (χ2v) is 1.21. The van der Waals surface area contributed by atoms with E-state index in [1.807, 2.05) is 0 Å². The molecule has 0 radical (unpaired) electrons. The van der Waals surface area contributed by atoms with Gasteiger partial charge in [0.1, 0.15) is 0 Å². The maximum atomic E-state index is 6.77. The van der Waals surface area contributed by atoms with Crippen LogP contribution in [0.4, 0.5) is 0 Å². The van der Waals surface area contributed by atoms with Crippen LogP contribution in [0.1, 0.15) is 6.92 Å². The first-order valence-corrected chi connectivity index (χ1v) is 1.80. The Bertz CT molecular complexity index is 51.5. The monoisotopic (exact) mass is 87.1 g/mol. The van der Waals surface area contributed by atoms with Crippen molar-refractivity contribution in [3.8, 4) is 0 Å². The lowest BCUT2D eigenvalue weighted by Crippen LogP contribution is -1.97. The highest BCUT2D eigenvalue weighted by atomic mass is 16.5. The molecule has 0 saturated carbocycles. The van der Waals surface area contributed by atoms with Crippen LogP contribution >= 0.6 is 0 Å². The summed E-state index contributed by atoms with van der Waals surface area (Å²) in [7, 11) is 1.58. The van der Waals surface area contributed by atoms with E-state index in [1.54, 1.807) is 14.0 Å². The lowest BCUT2D eigenvalue weighted by molar-refractivity contribution is 0.244. The summed E-state index contributed by atoms with van der Waals surface area (Å²) < 4.78 is 4.58. The zero-order valence-corrected chi connectivity index (χ0v) is 4.12. The van der Waals surface area contributed by atoms with Gasteiger partial charge in [0.25, 0.3) is 0 Å². The van der Waals surface area contributed by atoms with E-state index >= 15 is 0 Å². The first-order chi connectivity index (χ1) is 2.77. The molecular weight excluding hydrogens is 78.0 g/mol. The summed E-state index contributed by atoms with van der Waals surface area (Å²) >= 11 is 0. The smallest absolute Gasteiger partial charge is 0.0834 e. The summed E-state index contributed by atoms with van der Waals surface area (Å²) in [6.45, 7) is 2.17. The second kappa shape index (κ2) is 2.85. The number of hydrogen-bond acceptors (Lipinski definition) is 2. The van der Waals surface area contributed by atoms with Gasteiger partial charge in [0.15, 0.2) is 0 Å². The fourth-order valence-corrected chi connectivity index (χ4v) is 0.217. The molecule has 0 aromatic carbocycles. The summed E-state index contributed by atoms with van der Waals surface area (Å²) in [6, 6.07) is 0. The highest BCUT2D eigenvalue weighted by Gasteiger charge is 1.78. The van der Waals surface area contributed by atoms with Crippen LogP contribution in [0.25, 0.3) is 0 Å². The van der Waals surface area contributed by atoms with Gasteiger partial charge in [0.05, 0.1) is 6.61 Å². The molecule has 0 fully saturated rings. The van der Waals surface area contributed by atoms with Crippen LogP contribution in [0.5, 0.6) is 0 Å². The van der Waals surface area contributed by atoms with Crippen LogP contribution in [0.15, 0.2) is 0 Å². The molecule has 0 amide bonds. The highest BCUT2D eigenvalue weighted by Crippen LogP contribution is 1.67. The summed E-state index contributed by atoms with van der Waals surface area (Å²) in [6.07, 6.45) is 0. The fourth-order valence-electron chi connectivity index (χ4n) is 0.217. The molecule has 0 atom stereocenters. The van der Waals surface area contributed by atoms with Gasteiger partial charge < -0.3 is 10.1 Å². The van der Waals surface area contributed by atoms with Crippen molar-refractivity contribution in [1.29, 1.82) is 5.41 Å². The van der Waals surface area contributed by atoms with E-state index in [0.717, 1.165) is 0 Å². The van der Waals surface area contributed by atoms with E-state index in [9.17, 15) is 0 Å². The zero-order valence-electron chi connectivity index (χ0n) is 4.12. The molecule has 0 spiro atoms. The van der Waals surface area contributed by atoms with E-state index < -0.39 is 0 Å². The van der Waals surface area contributed by atoms with Gasteiger partial charge in [-0.2, -0.15) is 0 Å². The zero-order chi connectivity index (χ0) is 4.99. The molecule has 0 unspecified atom stereocenters. The van der Waals surface area contributed by atoms with Crippen LogP contribution < -0.4 is 0 Å². The van der Waals surface area contributed by atoms with Crippen LogP contribution in [0.2, 0.25) is 0 Å². The molecule has 0 aliphatic rings. The van der Waals surface area contributed by atoms with E-state index in [0.29, 0.717) is 12.3 Å². The minimum Gasteiger partial charge on any atom is -0.379 e. The third-order valence-electron chi connectivity index (χ3n) is 0.361. The Hall–Kier alpha value is -0.370. The summed E-state index contributed by atoms with van der Waals surface area (Å²) in [5, 5.41) is 6.77. The van der Waals surface area contributed by atoms with E-state index in [-0.39, 0.29) is 0 Å². The summed E-state index contributed by atoms with van der Waals surface area (Å²) in [4.78, 5) is 0. The summed E-state index contributed by atoms with van der Waals surface area (Å²) in [5.74, 6) is 0. The van der Waals surface area contributed by atoms with Crippen molar-refractivity contribution >= 4 is 5.71 Å². The van der Waals surface area contributed by atoms with Crippen molar-refractivity contribution in [2.24, 2.45) is 0 Å². The molecule has 0 aliphatic heterocycles. The average Bonchev–Trinajstić information content (AvgIpc) is 1.35. The third-order valence-corrected chi connectivity index (χ3v) is 0.361.